The number of aliphatic carboxylic acids is 1. The molecule has 1 N–H and O–H groups in total. The first-order chi connectivity index (χ1) is 8.61. The lowest BCUT2D eigenvalue weighted by Crippen LogP contribution is -2.13. The Morgan fingerprint density at radius 1 is 1.44 bits per heavy atom. The van der Waals surface area contributed by atoms with Gasteiger partial charge in [0.25, 0.3) is 0 Å². The van der Waals surface area contributed by atoms with E-state index in [1.54, 1.807) is 7.11 Å². The molecule has 4 nitrogen and oxygen atoms in total. The van der Waals surface area contributed by atoms with Crippen LogP contribution >= 0.6 is 0 Å². The summed E-state index contributed by atoms with van der Waals surface area (Å²) in [7, 11) is 1.68. The lowest BCUT2D eigenvalue weighted by Gasteiger charge is -2.11. The molecule has 18 heavy (non-hydrogen) atoms. The van der Waals surface area contributed by atoms with E-state index in [4.69, 9.17) is 9.84 Å². The molecule has 0 radical (unpaired) electrons. The molecule has 0 aliphatic heterocycles. The molecule has 0 saturated heterocycles. The van der Waals surface area contributed by atoms with Gasteiger partial charge in [-0.25, -0.2) is 0 Å². The molecule has 2 rings (SSSR count). The lowest BCUT2D eigenvalue weighted by atomic mass is 10.1. The highest BCUT2D eigenvalue weighted by Gasteiger charge is 2.12. The standard InChI is InChI=1S/C14H17NO3/c1-10(18-2)8-15-9-11(7-14(16)17)12-5-3-4-6-13(12)15/h3-6,9-10H,7-8H2,1-2H3,(H,16,17). The average Bonchev–Trinajstić information content (AvgIpc) is 2.67. The monoisotopic (exact) mass is 247 g/mol. The van der Waals surface area contributed by atoms with Crippen molar-refractivity contribution >= 4 is 16.9 Å². The molecule has 1 heterocycles. The highest BCUT2D eigenvalue weighted by Crippen LogP contribution is 2.22. The van der Waals surface area contributed by atoms with Crippen LogP contribution < -0.4 is 0 Å². The Morgan fingerprint density at radius 2 is 2.17 bits per heavy atom. The van der Waals surface area contributed by atoms with Crippen LogP contribution in [0.25, 0.3) is 10.9 Å². The highest BCUT2D eigenvalue weighted by atomic mass is 16.5. The van der Waals surface area contributed by atoms with Crippen molar-refractivity contribution < 1.29 is 14.6 Å². The Bertz CT molecular complexity index is 559. The van der Waals surface area contributed by atoms with Crippen LogP contribution in [0.15, 0.2) is 30.5 Å². The maximum Gasteiger partial charge on any atom is 0.307 e. The molecule has 0 spiro atoms. The van der Waals surface area contributed by atoms with Gasteiger partial charge in [-0.05, 0) is 18.6 Å². The minimum Gasteiger partial charge on any atom is -0.481 e. The third-order valence-electron chi connectivity index (χ3n) is 3.07. The van der Waals surface area contributed by atoms with Gasteiger partial charge in [0.1, 0.15) is 0 Å². The first-order valence-corrected chi connectivity index (χ1v) is 5.93. The third kappa shape index (κ3) is 2.54. The SMILES string of the molecule is COC(C)Cn1cc(CC(=O)O)c2ccccc21. The van der Waals surface area contributed by atoms with Gasteiger partial charge in [-0.2, -0.15) is 0 Å². The molecule has 1 aromatic heterocycles. The van der Waals surface area contributed by atoms with Gasteiger partial charge in [0.15, 0.2) is 0 Å². The van der Waals surface area contributed by atoms with Crippen LogP contribution in [0.2, 0.25) is 0 Å². The molecule has 96 valence electrons. The molecule has 0 bridgehead atoms. The van der Waals surface area contributed by atoms with Crippen LogP contribution in [0.1, 0.15) is 12.5 Å². The van der Waals surface area contributed by atoms with Crippen LogP contribution in [-0.2, 0) is 22.5 Å². The first kappa shape index (κ1) is 12.6. The summed E-state index contributed by atoms with van der Waals surface area (Å²) < 4.78 is 7.31. The fraction of sp³-hybridized carbons (Fsp3) is 0.357. The molecule has 0 aliphatic carbocycles. The van der Waals surface area contributed by atoms with Crippen molar-refractivity contribution in [2.24, 2.45) is 0 Å². The van der Waals surface area contributed by atoms with Gasteiger partial charge in [-0.1, -0.05) is 18.2 Å². The molecule has 1 aromatic carbocycles. The second-order valence-corrected chi connectivity index (χ2v) is 4.44. The first-order valence-electron chi connectivity index (χ1n) is 5.93. The van der Waals surface area contributed by atoms with Crippen molar-refractivity contribution in [1.82, 2.24) is 4.57 Å². The number of carbonyl (C=O) groups is 1. The summed E-state index contributed by atoms with van der Waals surface area (Å²) in [4.78, 5) is 10.9. The number of carboxylic acid groups (broad SMARTS) is 1. The number of rotatable bonds is 5. The van der Waals surface area contributed by atoms with E-state index in [1.807, 2.05) is 37.4 Å². The summed E-state index contributed by atoms with van der Waals surface area (Å²) in [5, 5.41) is 9.93. The summed E-state index contributed by atoms with van der Waals surface area (Å²) in [6.45, 7) is 2.71. The van der Waals surface area contributed by atoms with Crippen molar-refractivity contribution in [1.29, 1.82) is 0 Å². The molecule has 0 fully saturated rings. The summed E-state index contributed by atoms with van der Waals surface area (Å²) in [6, 6.07) is 7.85. The lowest BCUT2D eigenvalue weighted by molar-refractivity contribution is -0.136. The highest BCUT2D eigenvalue weighted by molar-refractivity contribution is 5.87. The van der Waals surface area contributed by atoms with Gasteiger partial charge >= 0.3 is 5.97 Å². The number of methoxy groups -OCH3 is 1. The van der Waals surface area contributed by atoms with Crippen molar-refractivity contribution in [2.75, 3.05) is 7.11 Å². The second-order valence-electron chi connectivity index (χ2n) is 4.44. The maximum atomic E-state index is 10.9. The number of nitrogens with zero attached hydrogens (tertiary/aromatic N) is 1. The van der Waals surface area contributed by atoms with E-state index in [9.17, 15) is 4.79 Å². The van der Waals surface area contributed by atoms with Crippen molar-refractivity contribution in [3.05, 3.63) is 36.0 Å². The van der Waals surface area contributed by atoms with Crippen LogP contribution in [0.4, 0.5) is 0 Å². The van der Waals surface area contributed by atoms with Crippen molar-refractivity contribution in [2.45, 2.75) is 26.0 Å². The molecule has 1 atom stereocenters. The van der Waals surface area contributed by atoms with E-state index in [0.29, 0.717) is 0 Å². The summed E-state index contributed by atoms with van der Waals surface area (Å²) in [5.41, 5.74) is 1.90. The van der Waals surface area contributed by atoms with E-state index >= 15 is 0 Å². The number of hydrogen-bond acceptors (Lipinski definition) is 2. The van der Waals surface area contributed by atoms with Gasteiger partial charge < -0.3 is 14.4 Å². The fourth-order valence-electron chi connectivity index (χ4n) is 2.13. The van der Waals surface area contributed by atoms with Crippen LogP contribution in [0.3, 0.4) is 0 Å². The Balaban J connectivity index is 2.43. The number of carboxylic acids is 1. The summed E-state index contributed by atoms with van der Waals surface area (Å²) >= 11 is 0. The van der Waals surface area contributed by atoms with Gasteiger partial charge in [0, 0.05) is 30.8 Å². The number of ether oxygens (including phenoxy) is 1. The Labute approximate surface area is 106 Å². The van der Waals surface area contributed by atoms with Gasteiger partial charge in [-0.3, -0.25) is 4.79 Å². The van der Waals surface area contributed by atoms with Crippen LogP contribution in [0, 0.1) is 0 Å². The summed E-state index contributed by atoms with van der Waals surface area (Å²) in [5.74, 6) is -0.808. The van der Waals surface area contributed by atoms with Gasteiger partial charge in [0.2, 0.25) is 0 Å². The second kappa shape index (κ2) is 5.23. The fourth-order valence-corrected chi connectivity index (χ4v) is 2.13. The Kier molecular flexibility index (Phi) is 3.67. The Hall–Kier alpha value is -1.81. The van der Waals surface area contributed by atoms with E-state index in [0.717, 1.165) is 23.0 Å². The smallest absolute Gasteiger partial charge is 0.307 e. The zero-order chi connectivity index (χ0) is 13.1. The minimum absolute atomic E-state index is 0.0505. The van der Waals surface area contributed by atoms with E-state index < -0.39 is 5.97 Å². The summed E-state index contributed by atoms with van der Waals surface area (Å²) in [6.07, 6.45) is 2.06. The van der Waals surface area contributed by atoms with Crippen LogP contribution in [0.5, 0.6) is 0 Å². The number of aromatic nitrogens is 1. The number of fused-ring (bicyclic) bond motifs is 1. The molecule has 0 amide bonds. The molecule has 2 aromatic rings. The largest absolute Gasteiger partial charge is 0.481 e. The molecule has 0 saturated carbocycles. The quantitative estimate of drug-likeness (QED) is 0.882. The molecule has 4 heteroatoms. The van der Waals surface area contributed by atoms with Crippen molar-refractivity contribution in [3.63, 3.8) is 0 Å². The number of hydrogen-bond donors (Lipinski definition) is 1. The molecule has 1 unspecified atom stereocenters. The number of benzene rings is 1. The number of para-hydroxylation sites is 1. The van der Waals surface area contributed by atoms with E-state index in [-0.39, 0.29) is 12.5 Å². The van der Waals surface area contributed by atoms with Crippen molar-refractivity contribution in [3.8, 4) is 0 Å². The van der Waals surface area contributed by atoms with E-state index in [2.05, 4.69) is 4.57 Å². The van der Waals surface area contributed by atoms with Gasteiger partial charge in [0.05, 0.1) is 12.5 Å². The average molecular weight is 247 g/mol. The zero-order valence-corrected chi connectivity index (χ0v) is 10.6. The normalized spacial score (nSPS) is 12.8. The van der Waals surface area contributed by atoms with Crippen LogP contribution in [-0.4, -0.2) is 28.9 Å². The minimum atomic E-state index is -0.808. The predicted molar refractivity (Wildman–Crippen MR) is 69.7 cm³/mol. The van der Waals surface area contributed by atoms with Gasteiger partial charge in [-0.15, -0.1) is 0 Å². The molecular formula is C14H17NO3. The topological polar surface area (TPSA) is 51.5 Å². The maximum absolute atomic E-state index is 10.9. The predicted octanol–water partition coefficient (Wildman–Crippen LogP) is 2.30. The molecule has 0 aliphatic rings. The molecular weight excluding hydrogens is 230 g/mol. The van der Waals surface area contributed by atoms with E-state index in [1.165, 1.54) is 0 Å². The zero-order valence-electron chi connectivity index (χ0n) is 10.6. The third-order valence-corrected chi connectivity index (χ3v) is 3.07. The Morgan fingerprint density at radius 3 is 2.83 bits per heavy atom.